The summed E-state index contributed by atoms with van der Waals surface area (Å²) in [6.45, 7) is 5.59. The number of amides is 2. The molecule has 1 aromatic carbocycles. The number of urea groups is 1. The number of imidazole rings is 1. The van der Waals surface area contributed by atoms with Crippen LogP contribution >= 0.6 is 24.8 Å². The quantitative estimate of drug-likeness (QED) is 0.246. The lowest BCUT2D eigenvalue weighted by Crippen LogP contribution is -2.21. The number of pyridine rings is 1. The van der Waals surface area contributed by atoms with Crippen molar-refractivity contribution in [2.45, 2.75) is 33.4 Å². The number of halogens is 5. The Morgan fingerprint density at radius 3 is 2.48 bits per heavy atom. The summed E-state index contributed by atoms with van der Waals surface area (Å²) in [7, 11) is 0. The molecule has 0 spiro atoms. The number of H-pyrrole nitrogens is 1. The SMILES string of the molecule is CCOc1cc(-c2ncc(NC(=O)Nc3cc(-n4cnc(C)c4)cc(C(F)(F)F)c3)c(CC)n2)c[nH]c1=O.Cl.Cl. The Hall–Kier alpha value is -4.10. The van der Waals surface area contributed by atoms with E-state index in [4.69, 9.17) is 4.74 Å². The fraction of sp³-hybridized carbons (Fsp3) is 0.240. The first-order valence-electron chi connectivity index (χ1n) is 11.6. The summed E-state index contributed by atoms with van der Waals surface area (Å²) in [5, 5.41) is 5.04. The monoisotopic (exact) mass is 599 g/mol. The van der Waals surface area contributed by atoms with Gasteiger partial charge in [-0.3, -0.25) is 4.79 Å². The molecule has 0 aliphatic rings. The molecule has 0 saturated carbocycles. The summed E-state index contributed by atoms with van der Waals surface area (Å²) in [5.74, 6) is 0.419. The third-order valence-electron chi connectivity index (χ3n) is 5.39. The first kappa shape index (κ1) is 32.1. The molecule has 0 fully saturated rings. The summed E-state index contributed by atoms with van der Waals surface area (Å²) < 4.78 is 47.3. The van der Waals surface area contributed by atoms with E-state index in [1.165, 1.54) is 35.4 Å². The Bertz CT molecular complexity index is 1540. The molecule has 0 aliphatic heterocycles. The van der Waals surface area contributed by atoms with E-state index in [1.54, 1.807) is 20.0 Å². The highest BCUT2D eigenvalue weighted by Crippen LogP contribution is 2.33. The van der Waals surface area contributed by atoms with E-state index in [-0.39, 0.29) is 53.2 Å². The molecule has 0 bridgehead atoms. The van der Waals surface area contributed by atoms with Gasteiger partial charge >= 0.3 is 12.2 Å². The van der Waals surface area contributed by atoms with Gasteiger partial charge in [-0.1, -0.05) is 6.92 Å². The van der Waals surface area contributed by atoms with E-state index >= 15 is 0 Å². The van der Waals surface area contributed by atoms with Crippen LogP contribution in [-0.2, 0) is 12.6 Å². The summed E-state index contributed by atoms with van der Waals surface area (Å²) in [6.07, 6.45) is 1.60. The molecule has 214 valence electrons. The molecular formula is C25H26Cl2F3N7O3. The van der Waals surface area contributed by atoms with Gasteiger partial charge in [-0.2, -0.15) is 13.2 Å². The lowest BCUT2D eigenvalue weighted by Gasteiger charge is -2.15. The Labute approximate surface area is 239 Å². The van der Waals surface area contributed by atoms with Crippen molar-refractivity contribution < 1.29 is 22.7 Å². The van der Waals surface area contributed by atoms with Crippen LogP contribution in [0.25, 0.3) is 17.1 Å². The van der Waals surface area contributed by atoms with Crippen molar-refractivity contribution in [3.05, 3.63) is 76.5 Å². The van der Waals surface area contributed by atoms with Crippen molar-refractivity contribution in [3.63, 3.8) is 0 Å². The van der Waals surface area contributed by atoms with Crippen LogP contribution in [0.5, 0.6) is 5.75 Å². The lowest BCUT2D eigenvalue weighted by atomic mass is 10.1. The number of nitrogens with zero attached hydrogens (tertiary/aromatic N) is 4. The predicted molar refractivity (Wildman–Crippen MR) is 149 cm³/mol. The van der Waals surface area contributed by atoms with Crippen LogP contribution in [0.2, 0.25) is 0 Å². The number of aromatic amines is 1. The minimum Gasteiger partial charge on any atom is -0.488 e. The number of aryl methyl sites for hydroxylation is 2. The molecule has 0 radical (unpaired) electrons. The molecule has 3 aromatic heterocycles. The zero-order chi connectivity index (χ0) is 27.4. The van der Waals surface area contributed by atoms with Gasteiger partial charge in [0.1, 0.15) is 0 Å². The number of carbonyl (C=O) groups excluding carboxylic acids is 1. The number of hydrogen-bond acceptors (Lipinski definition) is 6. The average Bonchev–Trinajstić information content (AvgIpc) is 3.31. The number of nitrogens with one attached hydrogen (secondary N) is 3. The van der Waals surface area contributed by atoms with Crippen molar-refractivity contribution in [1.82, 2.24) is 24.5 Å². The predicted octanol–water partition coefficient (Wildman–Crippen LogP) is 5.79. The topological polar surface area (TPSA) is 127 Å². The van der Waals surface area contributed by atoms with Crippen LogP contribution in [0.4, 0.5) is 29.3 Å². The highest BCUT2D eigenvalue weighted by molar-refractivity contribution is 6.00. The maximum Gasteiger partial charge on any atom is 0.416 e. The van der Waals surface area contributed by atoms with Gasteiger partial charge in [0.2, 0.25) is 0 Å². The van der Waals surface area contributed by atoms with Crippen molar-refractivity contribution in [3.8, 4) is 22.8 Å². The van der Waals surface area contributed by atoms with E-state index in [1.807, 2.05) is 6.92 Å². The standard InChI is InChI=1S/C25H24F3N7O3.2ClH/c1-4-19-20(11-29-22(33-19)15-6-21(38-5-2)23(36)30-10-15)34-24(37)32-17-7-16(25(26,27)28)8-18(9-17)35-12-14(3)31-13-35;;/h6-13H,4-5H2,1-3H3,(H,30,36)(H2,32,34,37);2*1H. The van der Waals surface area contributed by atoms with E-state index in [2.05, 4.69) is 30.6 Å². The van der Waals surface area contributed by atoms with Crippen LogP contribution in [0, 0.1) is 6.92 Å². The normalized spacial score (nSPS) is 10.8. The molecule has 2 amide bonds. The Balaban J connectivity index is 0.00000280. The van der Waals surface area contributed by atoms with Gasteiger partial charge in [0.05, 0.1) is 41.8 Å². The average molecular weight is 600 g/mol. The lowest BCUT2D eigenvalue weighted by molar-refractivity contribution is -0.137. The van der Waals surface area contributed by atoms with Crippen molar-refractivity contribution in [2.24, 2.45) is 0 Å². The molecule has 15 heteroatoms. The molecule has 0 unspecified atom stereocenters. The Kier molecular flexibility index (Phi) is 10.7. The number of carbonyl (C=O) groups is 1. The molecule has 3 heterocycles. The second-order valence-corrected chi connectivity index (χ2v) is 8.19. The molecule has 0 atom stereocenters. The van der Waals surface area contributed by atoms with E-state index in [0.717, 1.165) is 12.1 Å². The first-order chi connectivity index (χ1) is 18.1. The second kappa shape index (κ2) is 13.3. The van der Waals surface area contributed by atoms with Crippen LogP contribution in [0.1, 0.15) is 30.8 Å². The second-order valence-electron chi connectivity index (χ2n) is 8.19. The number of rotatable bonds is 7. The van der Waals surface area contributed by atoms with Gasteiger partial charge in [-0.25, -0.2) is 19.7 Å². The van der Waals surface area contributed by atoms with Gasteiger partial charge in [0, 0.05) is 29.3 Å². The van der Waals surface area contributed by atoms with Crippen LogP contribution in [0.3, 0.4) is 0 Å². The molecule has 40 heavy (non-hydrogen) atoms. The van der Waals surface area contributed by atoms with Crippen molar-refractivity contribution >= 4 is 42.2 Å². The van der Waals surface area contributed by atoms with Crippen molar-refractivity contribution in [2.75, 3.05) is 17.2 Å². The molecule has 0 saturated heterocycles. The van der Waals surface area contributed by atoms with E-state index in [9.17, 15) is 22.8 Å². The summed E-state index contributed by atoms with van der Waals surface area (Å²) in [4.78, 5) is 40.0. The molecular weight excluding hydrogens is 574 g/mol. The van der Waals surface area contributed by atoms with Gasteiger partial charge < -0.3 is 24.9 Å². The van der Waals surface area contributed by atoms with E-state index in [0.29, 0.717) is 35.8 Å². The van der Waals surface area contributed by atoms with Gasteiger partial charge in [0.15, 0.2) is 11.6 Å². The fourth-order valence-electron chi connectivity index (χ4n) is 3.63. The first-order valence-corrected chi connectivity index (χ1v) is 11.6. The minimum atomic E-state index is -4.62. The number of ether oxygens (including phenoxy) is 1. The van der Waals surface area contributed by atoms with Crippen LogP contribution < -0.4 is 20.9 Å². The third-order valence-corrected chi connectivity index (χ3v) is 5.39. The zero-order valence-corrected chi connectivity index (χ0v) is 23.1. The number of hydrogen-bond donors (Lipinski definition) is 3. The molecule has 4 aromatic rings. The highest BCUT2D eigenvalue weighted by Gasteiger charge is 2.31. The minimum absolute atomic E-state index is 0. The highest BCUT2D eigenvalue weighted by atomic mass is 35.5. The van der Waals surface area contributed by atoms with E-state index < -0.39 is 17.8 Å². The summed E-state index contributed by atoms with van der Waals surface area (Å²) in [5.41, 5.74) is 0.698. The maximum atomic E-state index is 13.5. The third kappa shape index (κ3) is 7.51. The zero-order valence-electron chi connectivity index (χ0n) is 21.5. The summed E-state index contributed by atoms with van der Waals surface area (Å²) in [6, 6.07) is 3.97. The van der Waals surface area contributed by atoms with Crippen LogP contribution in [0.15, 0.2) is 54.0 Å². The Morgan fingerprint density at radius 1 is 1.10 bits per heavy atom. The number of benzene rings is 1. The van der Waals surface area contributed by atoms with Gasteiger partial charge in [0.25, 0.3) is 5.56 Å². The number of anilines is 2. The molecule has 10 nitrogen and oxygen atoms in total. The summed E-state index contributed by atoms with van der Waals surface area (Å²) >= 11 is 0. The van der Waals surface area contributed by atoms with Gasteiger partial charge in [-0.15, -0.1) is 24.8 Å². The van der Waals surface area contributed by atoms with Crippen LogP contribution in [-0.4, -0.2) is 37.1 Å². The number of alkyl halides is 3. The largest absolute Gasteiger partial charge is 0.488 e. The Morgan fingerprint density at radius 2 is 1.85 bits per heavy atom. The molecule has 3 N–H and O–H groups in total. The fourth-order valence-corrected chi connectivity index (χ4v) is 3.63. The maximum absolute atomic E-state index is 13.5. The smallest absolute Gasteiger partial charge is 0.416 e. The van der Waals surface area contributed by atoms with Gasteiger partial charge in [-0.05, 0) is 44.5 Å². The molecule has 0 aliphatic carbocycles. The molecule has 4 rings (SSSR count). The number of aromatic nitrogens is 5. The van der Waals surface area contributed by atoms with Crippen molar-refractivity contribution in [1.29, 1.82) is 0 Å².